The second kappa shape index (κ2) is 13.4. The topological polar surface area (TPSA) is 86.7 Å². The van der Waals surface area contributed by atoms with Crippen molar-refractivity contribution >= 4 is 29.7 Å². The molecule has 4 rings (SSSR count). The number of hydrogen-bond acceptors (Lipinski definition) is 4. The third-order valence-corrected chi connectivity index (χ3v) is 7.27. The monoisotopic (exact) mass is 538 g/mol. The zero-order chi connectivity index (χ0) is 27.6. The Bertz CT molecular complexity index is 1410. The summed E-state index contributed by atoms with van der Waals surface area (Å²) in [6, 6.07) is 32.1. The minimum atomic E-state index is -1.16. The summed E-state index contributed by atoms with van der Waals surface area (Å²) in [5.74, 6) is -0.894. The van der Waals surface area contributed by atoms with E-state index in [1.54, 1.807) is 18.2 Å². The van der Waals surface area contributed by atoms with Crippen LogP contribution in [0, 0.1) is 6.92 Å². The van der Waals surface area contributed by atoms with Gasteiger partial charge in [-0.25, -0.2) is 9.59 Å². The van der Waals surface area contributed by atoms with Crippen LogP contribution in [-0.4, -0.2) is 39.7 Å². The van der Waals surface area contributed by atoms with Gasteiger partial charge in [0.2, 0.25) is 0 Å². The SMILES string of the molecule is Cc1ccc(CN(C(=O)NC(CSCc2ccccc2)C(=O)O)C(=O)c2cccc(-c3ccccc3)c2)cc1. The molecule has 39 heavy (non-hydrogen) atoms. The number of nitrogens with zero attached hydrogens (tertiary/aromatic N) is 1. The lowest BCUT2D eigenvalue weighted by Crippen LogP contribution is -2.50. The van der Waals surface area contributed by atoms with Gasteiger partial charge in [0.05, 0.1) is 6.54 Å². The number of carboxylic acids is 1. The Morgan fingerprint density at radius 3 is 2.10 bits per heavy atom. The van der Waals surface area contributed by atoms with Crippen LogP contribution < -0.4 is 5.32 Å². The molecular formula is C32H30N2O4S. The molecule has 0 spiro atoms. The molecule has 0 aliphatic heterocycles. The average molecular weight is 539 g/mol. The quantitative estimate of drug-likeness (QED) is 0.244. The largest absolute Gasteiger partial charge is 0.480 e. The summed E-state index contributed by atoms with van der Waals surface area (Å²) in [6.07, 6.45) is 0. The van der Waals surface area contributed by atoms with Crippen molar-refractivity contribution in [3.05, 3.63) is 131 Å². The van der Waals surface area contributed by atoms with Crippen LogP contribution in [0.3, 0.4) is 0 Å². The van der Waals surface area contributed by atoms with Crippen molar-refractivity contribution in [1.82, 2.24) is 10.2 Å². The van der Waals surface area contributed by atoms with Crippen molar-refractivity contribution in [1.29, 1.82) is 0 Å². The molecule has 198 valence electrons. The highest BCUT2D eigenvalue weighted by atomic mass is 32.2. The minimum Gasteiger partial charge on any atom is -0.480 e. The lowest BCUT2D eigenvalue weighted by molar-refractivity contribution is -0.138. The van der Waals surface area contributed by atoms with Crippen LogP contribution in [0.25, 0.3) is 11.1 Å². The number of thioether (sulfide) groups is 1. The summed E-state index contributed by atoms with van der Waals surface area (Å²) in [5.41, 5.74) is 5.00. The molecule has 0 aliphatic rings. The summed E-state index contributed by atoms with van der Waals surface area (Å²) < 4.78 is 0. The first-order valence-corrected chi connectivity index (χ1v) is 13.7. The van der Waals surface area contributed by atoms with E-state index in [2.05, 4.69) is 5.32 Å². The summed E-state index contributed by atoms with van der Waals surface area (Å²) >= 11 is 1.41. The molecule has 0 bridgehead atoms. The van der Waals surface area contributed by atoms with Crippen LogP contribution in [0.4, 0.5) is 4.79 Å². The fourth-order valence-corrected chi connectivity index (χ4v) is 5.01. The maximum atomic E-state index is 13.7. The second-order valence-corrected chi connectivity index (χ2v) is 10.2. The Hall–Kier alpha value is -4.36. The molecule has 0 heterocycles. The van der Waals surface area contributed by atoms with Crippen molar-refractivity contribution in [2.75, 3.05) is 5.75 Å². The number of benzene rings is 4. The van der Waals surface area contributed by atoms with E-state index in [9.17, 15) is 19.5 Å². The Kier molecular flexibility index (Phi) is 9.53. The first-order valence-electron chi connectivity index (χ1n) is 12.6. The van der Waals surface area contributed by atoms with Gasteiger partial charge in [0.25, 0.3) is 5.91 Å². The van der Waals surface area contributed by atoms with Gasteiger partial charge >= 0.3 is 12.0 Å². The lowest BCUT2D eigenvalue weighted by atomic mass is 10.0. The van der Waals surface area contributed by atoms with E-state index in [0.717, 1.165) is 32.7 Å². The number of urea groups is 1. The molecule has 0 fully saturated rings. The molecule has 1 atom stereocenters. The molecule has 3 amide bonds. The Morgan fingerprint density at radius 2 is 1.44 bits per heavy atom. The highest BCUT2D eigenvalue weighted by molar-refractivity contribution is 7.98. The van der Waals surface area contributed by atoms with Gasteiger partial charge in [-0.1, -0.05) is 103 Å². The van der Waals surface area contributed by atoms with Crippen molar-refractivity contribution in [2.24, 2.45) is 0 Å². The fourth-order valence-electron chi connectivity index (χ4n) is 4.00. The number of carboxylic acid groups (broad SMARTS) is 1. The van der Waals surface area contributed by atoms with Gasteiger partial charge in [0.1, 0.15) is 6.04 Å². The minimum absolute atomic E-state index is 0.00398. The summed E-state index contributed by atoms with van der Waals surface area (Å²) in [4.78, 5) is 40.2. The van der Waals surface area contributed by atoms with Gasteiger partial charge in [-0.2, -0.15) is 11.8 Å². The van der Waals surface area contributed by atoms with Crippen molar-refractivity contribution < 1.29 is 19.5 Å². The molecule has 1 unspecified atom stereocenters. The van der Waals surface area contributed by atoms with E-state index in [-0.39, 0.29) is 12.3 Å². The molecular weight excluding hydrogens is 508 g/mol. The first kappa shape index (κ1) is 27.7. The summed E-state index contributed by atoms with van der Waals surface area (Å²) in [7, 11) is 0. The molecule has 0 aliphatic carbocycles. The highest BCUT2D eigenvalue weighted by Crippen LogP contribution is 2.22. The van der Waals surface area contributed by atoms with E-state index in [0.29, 0.717) is 11.3 Å². The molecule has 0 saturated carbocycles. The van der Waals surface area contributed by atoms with Gasteiger partial charge in [0, 0.05) is 17.1 Å². The maximum Gasteiger partial charge on any atom is 0.327 e. The molecule has 4 aromatic rings. The second-order valence-electron chi connectivity index (χ2n) is 9.16. The van der Waals surface area contributed by atoms with E-state index in [1.165, 1.54) is 11.8 Å². The van der Waals surface area contributed by atoms with Crippen LogP contribution in [0.5, 0.6) is 0 Å². The van der Waals surface area contributed by atoms with E-state index in [4.69, 9.17) is 0 Å². The number of carbonyl (C=O) groups is 3. The van der Waals surface area contributed by atoms with Gasteiger partial charge < -0.3 is 10.4 Å². The van der Waals surface area contributed by atoms with Gasteiger partial charge in [-0.3, -0.25) is 9.69 Å². The molecule has 0 aromatic heterocycles. The normalized spacial score (nSPS) is 11.4. The Labute approximate surface area is 232 Å². The number of aryl methyl sites for hydroxylation is 1. The predicted molar refractivity (Wildman–Crippen MR) is 155 cm³/mol. The fraction of sp³-hybridized carbons (Fsp3) is 0.156. The third-order valence-electron chi connectivity index (χ3n) is 6.16. The summed E-state index contributed by atoms with van der Waals surface area (Å²) in [6.45, 7) is 1.96. The average Bonchev–Trinajstić information content (AvgIpc) is 2.97. The first-order chi connectivity index (χ1) is 18.9. The van der Waals surface area contributed by atoms with Crippen LogP contribution >= 0.6 is 11.8 Å². The molecule has 7 heteroatoms. The summed E-state index contributed by atoms with van der Waals surface area (Å²) in [5, 5.41) is 12.4. The van der Waals surface area contributed by atoms with Crippen LogP contribution in [-0.2, 0) is 17.1 Å². The molecule has 0 saturated heterocycles. The van der Waals surface area contributed by atoms with Crippen LogP contribution in [0.15, 0.2) is 109 Å². The number of amides is 3. The van der Waals surface area contributed by atoms with E-state index < -0.39 is 23.9 Å². The van der Waals surface area contributed by atoms with Crippen LogP contribution in [0.1, 0.15) is 27.0 Å². The number of carbonyl (C=O) groups excluding carboxylic acids is 2. The smallest absolute Gasteiger partial charge is 0.327 e. The maximum absolute atomic E-state index is 13.7. The standard InChI is InChI=1S/C32H30N2O4S/c1-23-15-17-24(18-16-23)20-34(30(35)28-14-8-13-27(19-28)26-11-6-3-7-12-26)32(38)33-29(31(36)37)22-39-21-25-9-4-2-5-10-25/h2-19,29H,20-22H2,1H3,(H,33,38)(H,36,37). The molecule has 2 N–H and O–H groups in total. The van der Waals surface area contributed by atoms with Crippen molar-refractivity contribution in [3.8, 4) is 11.1 Å². The van der Waals surface area contributed by atoms with Crippen molar-refractivity contribution in [2.45, 2.75) is 25.3 Å². The zero-order valence-corrected chi connectivity index (χ0v) is 22.4. The number of imide groups is 1. The van der Waals surface area contributed by atoms with Gasteiger partial charge in [0.15, 0.2) is 0 Å². The highest BCUT2D eigenvalue weighted by Gasteiger charge is 2.28. The van der Waals surface area contributed by atoms with Gasteiger partial charge in [-0.05, 0) is 41.3 Å². The molecule has 6 nitrogen and oxygen atoms in total. The van der Waals surface area contributed by atoms with E-state index in [1.807, 2.05) is 97.9 Å². The Balaban J connectivity index is 1.54. The van der Waals surface area contributed by atoms with E-state index >= 15 is 0 Å². The van der Waals surface area contributed by atoms with Crippen molar-refractivity contribution in [3.63, 3.8) is 0 Å². The Morgan fingerprint density at radius 1 is 0.795 bits per heavy atom. The lowest BCUT2D eigenvalue weighted by Gasteiger charge is -2.24. The molecule has 0 radical (unpaired) electrons. The predicted octanol–water partition coefficient (Wildman–Crippen LogP) is 6.40. The third kappa shape index (κ3) is 7.82. The van der Waals surface area contributed by atoms with Crippen LogP contribution in [0.2, 0.25) is 0 Å². The molecule has 4 aromatic carbocycles. The number of nitrogens with one attached hydrogen (secondary N) is 1. The number of hydrogen-bond donors (Lipinski definition) is 2. The van der Waals surface area contributed by atoms with Gasteiger partial charge in [-0.15, -0.1) is 0 Å². The zero-order valence-electron chi connectivity index (χ0n) is 21.6. The number of aliphatic carboxylic acids is 1. The number of rotatable bonds is 10.